The number of carbonyl (C=O) groups excluding carboxylic acids is 1. The van der Waals surface area contributed by atoms with E-state index in [1.54, 1.807) is 11.0 Å². The second kappa shape index (κ2) is 6.87. The Balaban J connectivity index is 2.34. The fourth-order valence-electron chi connectivity index (χ4n) is 2.94. The molecule has 0 saturated heterocycles. The molecular weight excluding hydrogens is 266 g/mol. The zero-order valence-electron chi connectivity index (χ0n) is 13.2. The molecule has 116 valence electrons. The van der Waals surface area contributed by atoms with Gasteiger partial charge in [0.15, 0.2) is 0 Å². The van der Waals surface area contributed by atoms with Crippen LogP contribution in [0.4, 0.5) is 0 Å². The molecule has 0 amide bonds. The molecule has 1 heterocycles. The highest BCUT2D eigenvalue weighted by atomic mass is 16.5. The summed E-state index contributed by atoms with van der Waals surface area (Å²) in [5, 5.41) is 4.24. The quantitative estimate of drug-likeness (QED) is 0.781. The van der Waals surface area contributed by atoms with Crippen molar-refractivity contribution in [3.63, 3.8) is 0 Å². The maximum absolute atomic E-state index is 10.9. The van der Waals surface area contributed by atoms with Crippen LogP contribution in [-0.4, -0.2) is 27.3 Å². The summed E-state index contributed by atoms with van der Waals surface area (Å²) in [5.41, 5.74) is 0.715. The molecule has 0 bridgehead atoms. The lowest BCUT2D eigenvalue weighted by Gasteiger charge is -2.31. The van der Waals surface area contributed by atoms with Crippen LogP contribution in [0.2, 0.25) is 0 Å². The topological polar surface area (TPSA) is 57.0 Å². The van der Waals surface area contributed by atoms with Crippen molar-refractivity contribution >= 4 is 12.2 Å². The third kappa shape index (κ3) is 4.16. The van der Waals surface area contributed by atoms with Crippen molar-refractivity contribution in [3.8, 4) is 0 Å². The highest BCUT2D eigenvalue weighted by Gasteiger charge is 2.32. The molecule has 2 rings (SSSR count). The van der Waals surface area contributed by atoms with E-state index in [1.165, 1.54) is 38.4 Å². The van der Waals surface area contributed by atoms with Gasteiger partial charge in [-0.2, -0.15) is 5.10 Å². The lowest BCUT2D eigenvalue weighted by molar-refractivity contribution is -0.135. The molecule has 1 aromatic heterocycles. The maximum atomic E-state index is 10.9. The number of aromatic nitrogens is 3. The first-order valence-corrected chi connectivity index (χ1v) is 7.68. The summed E-state index contributed by atoms with van der Waals surface area (Å²) in [6.07, 6.45) is 11.3. The van der Waals surface area contributed by atoms with Crippen LogP contribution >= 0.6 is 0 Å². The lowest BCUT2D eigenvalue weighted by Crippen LogP contribution is -2.33. The van der Waals surface area contributed by atoms with E-state index in [0.29, 0.717) is 12.4 Å². The van der Waals surface area contributed by atoms with Crippen molar-refractivity contribution in [3.05, 3.63) is 18.7 Å². The highest BCUT2D eigenvalue weighted by molar-refractivity contribution is 5.53. The van der Waals surface area contributed by atoms with Gasteiger partial charge in [0.05, 0.1) is 5.70 Å². The minimum Gasteiger partial charge on any atom is -0.458 e. The Labute approximate surface area is 126 Å². The summed E-state index contributed by atoms with van der Waals surface area (Å²) in [4.78, 5) is 15.0. The van der Waals surface area contributed by atoms with E-state index in [-0.39, 0.29) is 11.5 Å². The first-order valence-electron chi connectivity index (χ1n) is 7.68. The van der Waals surface area contributed by atoms with Gasteiger partial charge < -0.3 is 4.74 Å². The summed E-state index contributed by atoms with van der Waals surface area (Å²) >= 11 is 0. The van der Waals surface area contributed by atoms with Crippen molar-refractivity contribution in [1.29, 1.82) is 0 Å². The second-order valence-corrected chi connectivity index (χ2v) is 6.81. The van der Waals surface area contributed by atoms with Crippen LogP contribution in [-0.2, 0) is 9.53 Å². The van der Waals surface area contributed by atoms with Gasteiger partial charge >= 0.3 is 0 Å². The van der Waals surface area contributed by atoms with Gasteiger partial charge in [-0.25, -0.2) is 9.67 Å². The minimum absolute atomic E-state index is 0.201. The SMILES string of the molecule is CC(C)(C)C(OC=O)C(=CC1CCCCC1)n1cncn1. The van der Waals surface area contributed by atoms with Crippen LogP contribution in [0.15, 0.2) is 18.7 Å². The van der Waals surface area contributed by atoms with Gasteiger partial charge in [0, 0.05) is 5.41 Å². The molecule has 1 unspecified atom stereocenters. The summed E-state index contributed by atoms with van der Waals surface area (Å²) in [6, 6.07) is 0. The Morgan fingerprint density at radius 2 is 2.05 bits per heavy atom. The van der Waals surface area contributed by atoms with Gasteiger partial charge in [-0.1, -0.05) is 46.1 Å². The standard InChI is InChI=1S/C16H25N3O2/c1-16(2,3)15(21-12-20)14(19-11-17-10-18-19)9-13-7-5-4-6-8-13/h9-13,15H,4-8H2,1-3H3. The van der Waals surface area contributed by atoms with Gasteiger partial charge in [-0.05, 0) is 18.8 Å². The monoisotopic (exact) mass is 291 g/mol. The molecule has 21 heavy (non-hydrogen) atoms. The molecular formula is C16H25N3O2. The fraction of sp³-hybridized carbons (Fsp3) is 0.688. The van der Waals surface area contributed by atoms with Crippen LogP contribution in [0.25, 0.3) is 5.70 Å². The largest absolute Gasteiger partial charge is 0.458 e. The lowest BCUT2D eigenvalue weighted by atomic mass is 9.83. The van der Waals surface area contributed by atoms with Crippen LogP contribution in [0.1, 0.15) is 52.9 Å². The first kappa shape index (κ1) is 15.7. The summed E-state index contributed by atoms with van der Waals surface area (Å²) in [6.45, 7) is 6.72. The van der Waals surface area contributed by atoms with E-state index in [4.69, 9.17) is 4.74 Å². The molecule has 1 fully saturated rings. The molecule has 1 aromatic rings. The molecule has 0 N–H and O–H groups in total. The van der Waals surface area contributed by atoms with Crippen LogP contribution in [0, 0.1) is 11.3 Å². The summed E-state index contributed by atoms with van der Waals surface area (Å²) in [5.74, 6) is 0.526. The molecule has 5 heteroatoms. The third-order valence-electron chi connectivity index (χ3n) is 3.99. The second-order valence-electron chi connectivity index (χ2n) is 6.81. The Hall–Kier alpha value is -1.65. The van der Waals surface area contributed by atoms with E-state index < -0.39 is 0 Å². The number of hydrogen-bond donors (Lipinski definition) is 0. The Bertz CT molecular complexity index is 468. The minimum atomic E-state index is -0.335. The van der Waals surface area contributed by atoms with Gasteiger partial charge in [-0.15, -0.1) is 0 Å². The average Bonchev–Trinajstić information content (AvgIpc) is 2.96. The Kier molecular flexibility index (Phi) is 5.15. The molecule has 0 aliphatic heterocycles. The predicted octanol–water partition coefficient (Wildman–Crippen LogP) is 3.29. The van der Waals surface area contributed by atoms with Crippen molar-refractivity contribution in [2.45, 2.75) is 59.0 Å². The van der Waals surface area contributed by atoms with Gasteiger partial charge in [0.1, 0.15) is 18.8 Å². The zero-order valence-corrected chi connectivity index (χ0v) is 13.2. The molecule has 0 spiro atoms. The smallest absolute Gasteiger partial charge is 0.293 e. The third-order valence-corrected chi connectivity index (χ3v) is 3.99. The van der Waals surface area contributed by atoms with Crippen molar-refractivity contribution in [1.82, 2.24) is 14.8 Å². The number of hydrogen-bond acceptors (Lipinski definition) is 4. The van der Waals surface area contributed by atoms with Crippen LogP contribution < -0.4 is 0 Å². The van der Waals surface area contributed by atoms with Crippen molar-refractivity contribution in [2.75, 3.05) is 0 Å². The van der Waals surface area contributed by atoms with E-state index in [0.717, 1.165) is 5.70 Å². The van der Waals surface area contributed by atoms with Gasteiger partial charge in [0.2, 0.25) is 0 Å². The van der Waals surface area contributed by atoms with Gasteiger partial charge in [-0.3, -0.25) is 4.79 Å². The molecule has 0 radical (unpaired) electrons. The van der Waals surface area contributed by atoms with Gasteiger partial charge in [0.25, 0.3) is 6.47 Å². The van der Waals surface area contributed by atoms with E-state index in [1.807, 2.05) is 0 Å². The molecule has 1 aliphatic rings. The van der Waals surface area contributed by atoms with Crippen LogP contribution in [0.3, 0.4) is 0 Å². The number of nitrogens with zero attached hydrogens (tertiary/aromatic N) is 3. The number of carbonyl (C=O) groups is 1. The zero-order chi connectivity index (χ0) is 15.3. The van der Waals surface area contributed by atoms with E-state index >= 15 is 0 Å². The Morgan fingerprint density at radius 3 is 2.57 bits per heavy atom. The fourth-order valence-corrected chi connectivity index (χ4v) is 2.94. The molecule has 5 nitrogen and oxygen atoms in total. The van der Waals surface area contributed by atoms with E-state index in [2.05, 4.69) is 36.9 Å². The Morgan fingerprint density at radius 1 is 1.33 bits per heavy atom. The first-order chi connectivity index (χ1) is 10.0. The van der Waals surface area contributed by atoms with Crippen molar-refractivity contribution in [2.24, 2.45) is 11.3 Å². The summed E-state index contributed by atoms with van der Waals surface area (Å²) in [7, 11) is 0. The average molecular weight is 291 g/mol. The number of rotatable bonds is 5. The normalized spacial score (nSPS) is 19.3. The van der Waals surface area contributed by atoms with E-state index in [9.17, 15) is 4.79 Å². The van der Waals surface area contributed by atoms with Crippen LogP contribution in [0.5, 0.6) is 0 Å². The molecule has 1 atom stereocenters. The number of allylic oxidation sites excluding steroid dienone is 1. The molecule has 0 aromatic carbocycles. The number of ether oxygens (including phenoxy) is 1. The molecule has 1 saturated carbocycles. The van der Waals surface area contributed by atoms with Crippen molar-refractivity contribution < 1.29 is 9.53 Å². The summed E-state index contributed by atoms with van der Waals surface area (Å²) < 4.78 is 7.13. The maximum Gasteiger partial charge on any atom is 0.293 e. The predicted molar refractivity (Wildman–Crippen MR) is 81.3 cm³/mol. The highest BCUT2D eigenvalue weighted by Crippen LogP contribution is 2.33. The molecule has 1 aliphatic carbocycles.